The van der Waals surface area contributed by atoms with Gasteiger partial charge in [-0.2, -0.15) is 18.3 Å². The monoisotopic (exact) mass is 748 g/mol. The van der Waals surface area contributed by atoms with Crippen LogP contribution in [0.4, 0.5) is 18.9 Å². The number of nitrogens with zero attached hydrogens (tertiary/aromatic N) is 6. The number of imide groups is 1. The van der Waals surface area contributed by atoms with Crippen molar-refractivity contribution >= 4 is 56.9 Å². The highest BCUT2D eigenvalue weighted by Crippen LogP contribution is 2.42. The first-order valence-corrected chi connectivity index (χ1v) is 18.0. The van der Waals surface area contributed by atoms with Gasteiger partial charge in [0.15, 0.2) is 0 Å². The van der Waals surface area contributed by atoms with Gasteiger partial charge in [0.1, 0.15) is 17.4 Å². The molecule has 2 aromatic carbocycles. The van der Waals surface area contributed by atoms with Crippen LogP contribution in [0.2, 0.25) is 5.02 Å². The summed E-state index contributed by atoms with van der Waals surface area (Å²) in [6.07, 6.45) is 1.43. The fourth-order valence-corrected chi connectivity index (χ4v) is 8.46. The van der Waals surface area contributed by atoms with Crippen molar-refractivity contribution in [3.05, 3.63) is 87.2 Å². The highest BCUT2D eigenvalue weighted by molar-refractivity contribution is 6.32. The van der Waals surface area contributed by atoms with E-state index in [4.69, 9.17) is 16.7 Å². The summed E-state index contributed by atoms with van der Waals surface area (Å²) in [5.41, 5.74) is 1.74. The SMILES string of the molecule is Cn1c(=O)n(C2CCC(=O)NC2=O)c2ccc(Cl)c(C3CCN(CC4CC(n5cc6cc(NC(=O)c7cccc(C(F)(F)F)n7)ccc6n5)C4)CC3)c21. The first kappa shape index (κ1) is 35.0. The van der Waals surface area contributed by atoms with Gasteiger partial charge in [-0.25, -0.2) is 9.78 Å². The zero-order valence-corrected chi connectivity index (χ0v) is 29.5. The van der Waals surface area contributed by atoms with Gasteiger partial charge in [-0.05, 0) is 105 Å². The van der Waals surface area contributed by atoms with Crippen molar-refractivity contribution in [1.82, 2.24) is 34.1 Å². The molecule has 276 valence electrons. The minimum Gasteiger partial charge on any atom is -0.321 e. The number of alkyl halides is 3. The Labute approximate surface area is 305 Å². The summed E-state index contributed by atoms with van der Waals surface area (Å²) in [6.45, 7) is 2.74. The number of anilines is 1. The number of rotatable bonds is 7. The third kappa shape index (κ3) is 6.60. The maximum atomic E-state index is 13.4. The highest BCUT2D eigenvalue weighted by Gasteiger charge is 2.36. The molecular formula is C37H36ClF3N8O4. The Morgan fingerprint density at radius 1 is 1.04 bits per heavy atom. The molecule has 2 aliphatic heterocycles. The molecule has 8 rings (SSSR count). The molecular weight excluding hydrogens is 713 g/mol. The van der Waals surface area contributed by atoms with E-state index in [9.17, 15) is 32.3 Å². The number of nitrogens with one attached hydrogen (secondary N) is 2. The van der Waals surface area contributed by atoms with Crippen LogP contribution < -0.4 is 16.3 Å². The van der Waals surface area contributed by atoms with E-state index >= 15 is 0 Å². The summed E-state index contributed by atoms with van der Waals surface area (Å²) in [5, 5.41) is 11.1. The van der Waals surface area contributed by atoms with E-state index in [0.717, 1.165) is 79.4 Å². The van der Waals surface area contributed by atoms with Crippen molar-refractivity contribution in [2.75, 3.05) is 25.0 Å². The third-order valence-corrected chi connectivity index (χ3v) is 11.2. The van der Waals surface area contributed by atoms with Crippen LogP contribution in [0.3, 0.4) is 0 Å². The van der Waals surface area contributed by atoms with Crippen LogP contribution in [0.5, 0.6) is 0 Å². The van der Waals surface area contributed by atoms with Crippen molar-refractivity contribution in [1.29, 1.82) is 0 Å². The minimum absolute atomic E-state index is 0.146. The first-order valence-electron chi connectivity index (χ1n) is 17.6. The Balaban J connectivity index is 0.878. The summed E-state index contributed by atoms with van der Waals surface area (Å²) in [7, 11) is 1.71. The van der Waals surface area contributed by atoms with Gasteiger partial charge in [-0.3, -0.25) is 33.5 Å². The molecule has 0 bridgehead atoms. The molecule has 2 saturated heterocycles. The Bertz CT molecular complexity index is 2340. The van der Waals surface area contributed by atoms with E-state index in [1.165, 1.54) is 10.6 Å². The molecule has 0 spiro atoms. The van der Waals surface area contributed by atoms with E-state index < -0.39 is 29.7 Å². The van der Waals surface area contributed by atoms with Crippen LogP contribution in [-0.4, -0.2) is 66.2 Å². The molecule has 3 aromatic heterocycles. The maximum absolute atomic E-state index is 13.4. The van der Waals surface area contributed by atoms with Crippen LogP contribution in [0, 0.1) is 5.92 Å². The van der Waals surface area contributed by atoms with Crippen molar-refractivity contribution in [2.24, 2.45) is 13.0 Å². The number of hydrogen-bond acceptors (Lipinski definition) is 7. The molecule has 1 aliphatic carbocycles. The topological polar surface area (TPSA) is 136 Å². The number of halogens is 4. The lowest BCUT2D eigenvalue weighted by Crippen LogP contribution is -2.44. The van der Waals surface area contributed by atoms with E-state index in [1.807, 2.05) is 10.9 Å². The number of imidazole rings is 1. The van der Waals surface area contributed by atoms with Crippen LogP contribution in [-0.2, 0) is 22.8 Å². The summed E-state index contributed by atoms with van der Waals surface area (Å²) in [4.78, 5) is 56.5. The van der Waals surface area contributed by atoms with Crippen molar-refractivity contribution in [3.8, 4) is 0 Å². The number of pyridine rings is 1. The molecule has 2 N–H and O–H groups in total. The highest BCUT2D eigenvalue weighted by atomic mass is 35.5. The maximum Gasteiger partial charge on any atom is 0.433 e. The Hall–Kier alpha value is -5.02. The van der Waals surface area contributed by atoms with Gasteiger partial charge in [0.25, 0.3) is 5.91 Å². The molecule has 3 amide bonds. The van der Waals surface area contributed by atoms with Gasteiger partial charge in [0, 0.05) is 42.3 Å². The summed E-state index contributed by atoms with van der Waals surface area (Å²) >= 11 is 6.81. The predicted molar refractivity (Wildman–Crippen MR) is 191 cm³/mol. The average Bonchev–Trinajstić information content (AvgIpc) is 3.63. The number of likely N-dealkylation sites (tertiary alicyclic amines) is 1. The third-order valence-electron chi connectivity index (χ3n) is 10.9. The fourth-order valence-electron chi connectivity index (χ4n) is 8.16. The number of aromatic nitrogens is 5. The second-order valence-corrected chi connectivity index (χ2v) is 14.7. The Kier molecular flexibility index (Phi) is 8.88. The molecule has 1 unspecified atom stereocenters. The normalized spacial score (nSPS) is 21.6. The zero-order chi connectivity index (χ0) is 37.2. The number of carbonyl (C=O) groups is 3. The number of carbonyl (C=O) groups excluding carboxylic acids is 3. The molecule has 0 radical (unpaired) electrons. The summed E-state index contributed by atoms with van der Waals surface area (Å²) in [5.74, 6) is -0.876. The quantitative estimate of drug-likeness (QED) is 0.200. The molecule has 1 atom stereocenters. The minimum atomic E-state index is -4.65. The molecule has 5 heterocycles. The number of hydrogen-bond donors (Lipinski definition) is 2. The molecule has 5 aromatic rings. The second kappa shape index (κ2) is 13.4. The van der Waals surface area contributed by atoms with E-state index in [-0.39, 0.29) is 42.1 Å². The number of fused-ring (bicyclic) bond motifs is 2. The molecule has 53 heavy (non-hydrogen) atoms. The number of benzene rings is 2. The number of aryl methyl sites for hydroxylation is 1. The standard InChI is InChI=1S/C37H36ClF3N8O4/c1-46-33-28(49(36(46)53)29-9-10-31(50)44-35(29)52)8-6-25(38)32(33)21-11-13-47(14-12-21)18-20-15-24(16-20)48-19-22-17-23(5-7-26(22)45-48)42-34(51)27-3-2-4-30(43-27)37(39,40)41/h2-8,17,19-21,24,29H,9-16,18H2,1H3,(H,42,51)(H,44,50,52). The predicted octanol–water partition coefficient (Wildman–Crippen LogP) is 5.82. The summed E-state index contributed by atoms with van der Waals surface area (Å²) in [6, 6.07) is 11.5. The summed E-state index contributed by atoms with van der Waals surface area (Å²) < 4.78 is 44.2. The van der Waals surface area contributed by atoms with Crippen LogP contribution in [0.25, 0.3) is 21.9 Å². The van der Waals surface area contributed by atoms with E-state index in [1.54, 1.807) is 41.9 Å². The second-order valence-electron chi connectivity index (χ2n) is 14.3. The van der Waals surface area contributed by atoms with Gasteiger partial charge < -0.3 is 10.2 Å². The smallest absolute Gasteiger partial charge is 0.321 e. The largest absolute Gasteiger partial charge is 0.433 e. The van der Waals surface area contributed by atoms with Crippen LogP contribution in [0.15, 0.2) is 59.5 Å². The lowest BCUT2D eigenvalue weighted by atomic mass is 9.79. The average molecular weight is 749 g/mol. The fraction of sp³-hybridized carbons (Fsp3) is 0.405. The van der Waals surface area contributed by atoms with Crippen molar-refractivity contribution in [3.63, 3.8) is 0 Å². The Morgan fingerprint density at radius 3 is 2.55 bits per heavy atom. The Morgan fingerprint density at radius 2 is 1.81 bits per heavy atom. The van der Waals surface area contributed by atoms with Crippen molar-refractivity contribution in [2.45, 2.75) is 62.7 Å². The van der Waals surface area contributed by atoms with Crippen molar-refractivity contribution < 1.29 is 27.6 Å². The molecule has 3 aliphatic rings. The van der Waals surface area contributed by atoms with Gasteiger partial charge in [-0.1, -0.05) is 17.7 Å². The lowest BCUT2D eigenvalue weighted by molar-refractivity contribution is -0.141. The van der Waals surface area contributed by atoms with Gasteiger partial charge >= 0.3 is 11.9 Å². The molecule has 1 saturated carbocycles. The number of piperidine rings is 2. The van der Waals surface area contributed by atoms with Gasteiger partial charge in [0.2, 0.25) is 11.8 Å². The molecule has 16 heteroatoms. The van der Waals surface area contributed by atoms with E-state index in [2.05, 4.69) is 20.5 Å². The van der Waals surface area contributed by atoms with Crippen LogP contribution in [0.1, 0.15) is 78.3 Å². The van der Waals surface area contributed by atoms with E-state index in [0.29, 0.717) is 22.1 Å². The molecule has 12 nitrogen and oxygen atoms in total. The molecule has 3 fully saturated rings. The van der Waals surface area contributed by atoms with Crippen LogP contribution >= 0.6 is 11.6 Å². The zero-order valence-electron chi connectivity index (χ0n) is 28.7. The number of amides is 3. The van der Waals surface area contributed by atoms with Gasteiger partial charge in [-0.15, -0.1) is 0 Å². The first-order chi connectivity index (χ1) is 25.3. The van der Waals surface area contributed by atoms with Gasteiger partial charge in [0.05, 0.1) is 22.6 Å². The lowest BCUT2D eigenvalue weighted by Gasteiger charge is -2.41.